The van der Waals surface area contributed by atoms with E-state index in [-0.39, 0.29) is 0 Å². The van der Waals surface area contributed by atoms with Gasteiger partial charge in [-0.05, 0) is 43.5 Å². The van der Waals surface area contributed by atoms with Crippen molar-refractivity contribution in [2.75, 3.05) is 0 Å². The lowest BCUT2D eigenvalue weighted by Gasteiger charge is -2.11. The molecule has 0 amide bonds. The van der Waals surface area contributed by atoms with Crippen molar-refractivity contribution >= 4 is 17.4 Å². The molecule has 0 bridgehead atoms. The van der Waals surface area contributed by atoms with E-state index < -0.39 is 0 Å². The minimum Gasteiger partial charge on any atom is -0.258 e. The highest BCUT2D eigenvalue weighted by atomic mass is 14.7. The lowest BCUT2D eigenvalue weighted by molar-refractivity contribution is 1.28. The molecule has 2 rings (SSSR count). The summed E-state index contributed by atoms with van der Waals surface area (Å²) in [6, 6.07) is 8.43. The molecule has 15 heavy (non-hydrogen) atoms. The van der Waals surface area contributed by atoms with Crippen molar-refractivity contribution in [2.45, 2.75) is 20.8 Å². The summed E-state index contributed by atoms with van der Waals surface area (Å²) in [6.07, 6.45) is 4.19. The summed E-state index contributed by atoms with van der Waals surface area (Å²) in [5, 5.41) is 0. The average Bonchev–Trinajstić information content (AvgIpc) is 2.24. The van der Waals surface area contributed by atoms with E-state index in [9.17, 15) is 0 Å². The van der Waals surface area contributed by atoms with Gasteiger partial charge in [0.15, 0.2) is 0 Å². The molecule has 0 saturated carbocycles. The third-order valence-corrected chi connectivity index (χ3v) is 2.76. The zero-order valence-electron chi connectivity index (χ0n) is 9.41. The van der Waals surface area contributed by atoms with Crippen LogP contribution in [0.2, 0.25) is 0 Å². The van der Waals surface area contributed by atoms with Gasteiger partial charge < -0.3 is 0 Å². The maximum atomic E-state index is 4.53. The Hall–Kier alpha value is -1.63. The van der Waals surface area contributed by atoms with Crippen LogP contribution in [0.3, 0.4) is 0 Å². The van der Waals surface area contributed by atoms with Crippen molar-refractivity contribution in [1.29, 1.82) is 0 Å². The van der Waals surface area contributed by atoms with Crippen LogP contribution in [-0.2, 0) is 0 Å². The Labute approximate surface area is 90.9 Å². The standard InChI is InChI=1S/C14H15N/c1-10-8-9-13-6-4-5-7-14(13)11(2)12(3)15-10/h4-9H,1-3H3/b9-8-,10-8?,12-11-,13-9?,14-11?,15-10-,15-12?. The summed E-state index contributed by atoms with van der Waals surface area (Å²) in [5.74, 6) is 0. The molecule has 1 heteroatoms. The first-order chi connectivity index (χ1) is 7.18. The molecule has 0 N–H and O–H groups in total. The number of fused-ring (bicyclic) bond motifs is 1. The number of rotatable bonds is 0. The van der Waals surface area contributed by atoms with E-state index in [0.717, 1.165) is 11.4 Å². The highest BCUT2D eigenvalue weighted by molar-refractivity contribution is 5.99. The van der Waals surface area contributed by atoms with Crippen LogP contribution >= 0.6 is 0 Å². The maximum absolute atomic E-state index is 4.53. The molecular weight excluding hydrogens is 182 g/mol. The molecular formula is C14H15N. The second-order valence-corrected chi connectivity index (χ2v) is 3.88. The van der Waals surface area contributed by atoms with Crippen LogP contribution in [0.1, 0.15) is 31.9 Å². The van der Waals surface area contributed by atoms with Crippen LogP contribution < -0.4 is 0 Å². The fourth-order valence-electron chi connectivity index (χ4n) is 1.77. The van der Waals surface area contributed by atoms with Gasteiger partial charge in [0.05, 0.1) is 0 Å². The van der Waals surface area contributed by atoms with Gasteiger partial charge in [0, 0.05) is 11.4 Å². The number of nitrogens with zero attached hydrogens (tertiary/aromatic N) is 1. The minimum absolute atomic E-state index is 1.06. The minimum atomic E-state index is 1.06. The van der Waals surface area contributed by atoms with E-state index in [0.29, 0.717) is 0 Å². The van der Waals surface area contributed by atoms with E-state index in [1.165, 1.54) is 16.7 Å². The predicted octanol–water partition coefficient (Wildman–Crippen LogP) is 3.93. The van der Waals surface area contributed by atoms with E-state index in [1.54, 1.807) is 0 Å². The average molecular weight is 197 g/mol. The van der Waals surface area contributed by atoms with Crippen molar-refractivity contribution < 1.29 is 0 Å². The summed E-state index contributed by atoms with van der Waals surface area (Å²) >= 11 is 0. The first-order valence-electron chi connectivity index (χ1n) is 5.19. The number of hydrogen-bond donors (Lipinski definition) is 0. The molecule has 1 aliphatic heterocycles. The van der Waals surface area contributed by atoms with E-state index in [4.69, 9.17) is 0 Å². The van der Waals surface area contributed by atoms with Gasteiger partial charge >= 0.3 is 0 Å². The van der Waals surface area contributed by atoms with Crippen LogP contribution in [0.15, 0.2) is 41.0 Å². The van der Waals surface area contributed by atoms with Crippen LogP contribution in [-0.4, -0.2) is 5.71 Å². The van der Waals surface area contributed by atoms with E-state index in [2.05, 4.69) is 55.3 Å². The molecule has 0 saturated heterocycles. The summed E-state index contributed by atoms with van der Waals surface area (Å²) < 4.78 is 0. The summed E-state index contributed by atoms with van der Waals surface area (Å²) in [7, 11) is 0. The third-order valence-electron chi connectivity index (χ3n) is 2.76. The van der Waals surface area contributed by atoms with Crippen LogP contribution in [0.25, 0.3) is 11.6 Å². The zero-order chi connectivity index (χ0) is 10.8. The Bertz CT molecular complexity index is 476. The molecule has 0 unspecified atom stereocenters. The molecule has 0 radical (unpaired) electrons. The molecule has 1 nitrogen and oxygen atoms in total. The van der Waals surface area contributed by atoms with Gasteiger partial charge in [0.25, 0.3) is 0 Å². The largest absolute Gasteiger partial charge is 0.258 e. The quantitative estimate of drug-likeness (QED) is 0.597. The molecule has 0 atom stereocenters. The van der Waals surface area contributed by atoms with Crippen molar-refractivity contribution in [3.05, 3.63) is 47.2 Å². The number of allylic oxidation sites excluding steroid dienone is 3. The smallest absolute Gasteiger partial charge is 0.0411 e. The summed E-state index contributed by atoms with van der Waals surface area (Å²) in [6.45, 7) is 6.22. The molecule has 76 valence electrons. The van der Waals surface area contributed by atoms with Crippen LogP contribution in [0.5, 0.6) is 0 Å². The van der Waals surface area contributed by atoms with E-state index >= 15 is 0 Å². The Balaban J connectivity index is 2.68. The molecule has 0 aliphatic carbocycles. The Morgan fingerprint density at radius 3 is 2.47 bits per heavy atom. The lowest BCUT2D eigenvalue weighted by Crippen LogP contribution is -1.94. The molecule has 1 heterocycles. The van der Waals surface area contributed by atoms with Gasteiger partial charge in [-0.1, -0.05) is 30.3 Å². The second-order valence-electron chi connectivity index (χ2n) is 3.88. The molecule has 0 spiro atoms. The fraction of sp³-hybridized carbons (Fsp3) is 0.214. The third kappa shape index (κ3) is 1.91. The lowest BCUT2D eigenvalue weighted by atomic mass is 9.98. The number of hydrogen-bond acceptors (Lipinski definition) is 1. The van der Waals surface area contributed by atoms with Gasteiger partial charge in [0.1, 0.15) is 0 Å². The number of aliphatic imine (C=N–C) groups is 1. The van der Waals surface area contributed by atoms with Gasteiger partial charge in [-0.25, -0.2) is 0 Å². The van der Waals surface area contributed by atoms with Crippen LogP contribution in [0, 0.1) is 0 Å². The maximum Gasteiger partial charge on any atom is 0.0411 e. The van der Waals surface area contributed by atoms with Crippen molar-refractivity contribution in [2.24, 2.45) is 4.99 Å². The highest BCUT2D eigenvalue weighted by Crippen LogP contribution is 2.25. The molecule has 0 fully saturated rings. The number of benzene rings is 1. The SMILES string of the molecule is CC1=N/C(C)=C(/C)c2ccccc2/C=C\1. The summed E-state index contributed by atoms with van der Waals surface area (Å²) in [4.78, 5) is 4.53. The van der Waals surface area contributed by atoms with Gasteiger partial charge in [0.2, 0.25) is 0 Å². The zero-order valence-corrected chi connectivity index (χ0v) is 9.41. The van der Waals surface area contributed by atoms with Crippen molar-refractivity contribution in [3.63, 3.8) is 0 Å². The molecule has 1 aliphatic rings. The van der Waals surface area contributed by atoms with Gasteiger partial charge in [-0.3, -0.25) is 4.99 Å². The van der Waals surface area contributed by atoms with Crippen molar-refractivity contribution in [3.8, 4) is 0 Å². The first kappa shape index (κ1) is 9.91. The second kappa shape index (κ2) is 3.85. The fourth-order valence-corrected chi connectivity index (χ4v) is 1.77. The Morgan fingerprint density at radius 2 is 1.67 bits per heavy atom. The monoisotopic (exact) mass is 197 g/mol. The normalized spacial score (nSPS) is 25.9. The summed E-state index contributed by atoms with van der Waals surface area (Å²) in [5.41, 5.74) is 5.96. The topological polar surface area (TPSA) is 12.4 Å². The van der Waals surface area contributed by atoms with Gasteiger partial charge in [-0.15, -0.1) is 0 Å². The van der Waals surface area contributed by atoms with Gasteiger partial charge in [-0.2, -0.15) is 0 Å². The highest BCUT2D eigenvalue weighted by Gasteiger charge is 2.06. The van der Waals surface area contributed by atoms with E-state index in [1.807, 2.05) is 6.92 Å². The Kier molecular flexibility index (Phi) is 2.55. The predicted molar refractivity (Wildman–Crippen MR) is 66.9 cm³/mol. The first-order valence-corrected chi connectivity index (χ1v) is 5.19. The molecule has 1 aromatic carbocycles. The molecule has 1 aromatic rings. The van der Waals surface area contributed by atoms with Crippen molar-refractivity contribution in [1.82, 2.24) is 0 Å². The Morgan fingerprint density at radius 1 is 0.933 bits per heavy atom. The molecule has 0 aromatic heterocycles. The van der Waals surface area contributed by atoms with Crippen LogP contribution in [0.4, 0.5) is 0 Å².